The zero-order chi connectivity index (χ0) is 14.4. The van der Waals surface area contributed by atoms with E-state index in [-0.39, 0.29) is 5.75 Å². The fraction of sp³-hybridized carbons (Fsp3) is 0.867. The van der Waals surface area contributed by atoms with Crippen LogP contribution in [0.15, 0.2) is 12.2 Å². The summed E-state index contributed by atoms with van der Waals surface area (Å²) in [6.45, 7) is 2.24. The van der Waals surface area contributed by atoms with Crippen LogP contribution in [0.1, 0.15) is 77.6 Å². The van der Waals surface area contributed by atoms with Crippen molar-refractivity contribution in [3.63, 3.8) is 0 Å². The van der Waals surface area contributed by atoms with Gasteiger partial charge in [0.25, 0.3) is 10.1 Å². The lowest BCUT2D eigenvalue weighted by Crippen LogP contribution is -2.01. The molecule has 0 spiro atoms. The molecule has 4 heteroatoms. The molecule has 0 bridgehead atoms. The van der Waals surface area contributed by atoms with E-state index in [1.54, 1.807) is 0 Å². The molecule has 0 fully saturated rings. The molecule has 0 saturated heterocycles. The zero-order valence-electron chi connectivity index (χ0n) is 12.3. The van der Waals surface area contributed by atoms with Crippen LogP contribution >= 0.6 is 0 Å². The number of unbranched alkanes of at least 4 members (excludes halogenated alkanes) is 9. The van der Waals surface area contributed by atoms with E-state index < -0.39 is 10.1 Å². The average molecular weight is 290 g/mol. The molecule has 3 nitrogen and oxygen atoms in total. The van der Waals surface area contributed by atoms with E-state index in [1.807, 2.05) is 12.2 Å². The number of hydrogen-bond acceptors (Lipinski definition) is 2. The van der Waals surface area contributed by atoms with Crippen molar-refractivity contribution < 1.29 is 13.0 Å². The quantitative estimate of drug-likeness (QED) is 0.303. The third-order valence-electron chi connectivity index (χ3n) is 3.18. The molecule has 0 aromatic rings. The lowest BCUT2D eigenvalue weighted by Gasteiger charge is -2.00. The fourth-order valence-corrected chi connectivity index (χ4v) is 2.46. The van der Waals surface area contributed by atoms with Crippen LogP contribution in [-0.2, 0) is 10.1 Å². The van der Waals surface area contributed by atoms with Gasteiger partial charge in [-0.25, -0.2) is 0 Å². The maximum absolute atomic E-state index is 10.5. The lowest BCUT2D eigenvalue weighted by atomic mass is 10.1. The summed E-state index contributed by atoms with van der Waals surface area (Å²) >= 11 is 0. The Balaban J connectivity index is 3.16. The van der Waals surface area contributed by atoms with Gasteiger partial charge in [0.1, 0.15) is 0 Å². The average Bonchev–Trinajstić information content (AvgIpc) is 2.34. The van der Waals surface area contributed by atoms with E-state index in [1.165, 1.54) is 57.8 Å². The molecule has 0 atom stereocenters. The first-order valence-electron chi connectivity index (χ1n) is 7.66. The van der Waals surface area contributed by atoms with Gasteiger partial charge in [-0.3, -0.25) is 4.55 Å². The molecule has 0 aromatic carbocycles. The molecule has 0 aliphatic heterocycles. The van der Waals surface area contributed by atoms with Crippen LogP contribution in [0.4, 0.5) is 0 Å². The predicted molar refractivity (Wildman–Crippen MR) is 82.0 cm³/mol. The maximum Gasteiger partial charge on any atom is 0.265 e. The van der Waals surface area contributed by atoms with Gasteiger partial charge in [0, 0.05) is 0 Å². The van der Waals surface area contributed by atoms with Crippen molar-refractivity contribution in [2.24, 2.45) is 0 Å². The van der Waals surface area contributed by atoms with E-state index in [4.69, 9.17) is 4.55 Å². The number of allylic oxidation sites excluding steroid dienone is 2. The van der Waals surface area contributed by atoms with Crippen molar-refractivity contribution >= 4 is 10.1 Å². The first-order valence-corrected chi connectivity index (χ1v) is 9.27. The van der Waals surface area contributed by atoms with Gasteiger partial charge < -0.3 is 0 Å². The summed E-state index contributed by atoms with van der Waals surface area (Å²) in [5, 5.41) is 0. The predicted octanol–water partition coefficient (Wildman–Crippen LogP) is 4.74. The Hall–Kier alpha value is -0.350. The third kappa shape index (κ3) is 17.6. The first-order chi connectivity index (χ1) is 9.06. The van der Waals surface area contributed by atoms with Gasteiger partial charge in [-0.15, -0.1) is 0 Å². The van der Waals surface area contributed by atoms with Crippen LogP contribution in [0.3, 0.4) is 0 Å². The van der Waals surface area contributed by atoms with Crippen molar-refractivity contribution in [2.75, 3.05) is 5.75 Å². The Morgan fingerprint density at radius 2 is 1.26 bits per heavy atom. The van der Waals surface area contributed by atoms with E-state index >= 15 is 0 Å². The maximum atomic E-state index is 10.5. The standard InChI is InChI=1S/C15H30O3S/c1-2-3-4-5-6-7-8-9-10-11-12-13-14-15-19(16,17)18/h12-13H,2-11,14-15H2,1H3,(H,16,17,18)/b13-12+. The molecule has 0 amide bonds. The molecular weight excluding hydrogens is 260 g/mol. The van der Waals surface area contributed by atoms with Crippen LogP contribution in [0, 0.1) is 0 Å². The highest BCUT2D eigenvalue weighted by Gasteiger charge is 2.00. The second-order valence-corrected chi connectivity index (χ2v) is 6.74. The minimum Gasteiger partial charge on any atom is -0.286 e. The van der Waals surface area contributed by atoms with Crippen molar-refractivity contribution in [1.82, 2.24) is 0 Å². The normalized spacial score (nSPS) is 12.3. The molecule has 0 aromatic heterocycles. The highest BCUT2D eigenvalue weighted by atomic mass is 32.2. The summed E-state index contributed by atoms with van der Waals surface area (Å²) in [5.41, 5.74) is 0. The van der Waals surface area contributed by atoms with Crippen LogP contribution in [0.2, 0.25) is 0 Å². The Kier molecular flexibility index (Phi) is 12.4. The molecule has 0 heterocycles. The highest BCUT2D eigenvalue weighted by molar-refractivity contribution is 7.85. The summed E-state index contributed by atoms with van der Waals surface area (Å²) in [5.74, 6) is -0.165. The molecule has 19 heavy (non-hydrogen) atoms. The minimum absolute atomic E-state index is 0.165. The molecule has 0 radical (unpaired) electrons. The van der Waals surface area contributed by atoms with Crippen LogP contribution in [0.5, 0.6) is 0 Å². The zero-order valence-corrected chi connectivity index (χ0v) is 13.1. The van der Waals surface area contributed by atoms with Gasteiger partial charge in [0.2, 0.25) is 0 Å². The molecule has 1 N–H and O–H groups in total. The van der Waals surface area contributed by atoms with Crippen LogP contribution in [0.25, 0.3) is 0 Å². The minimum atomic E-state index is -3.79. The van der Waals surface area contributed by atoms with Gasteiger partial charge in [-0.2, -0.15) is 8.42 Å². The molecule has 0 unspecified atom stereocenters. The van der Waals surface area contributed by atoms with Crippen molar-refractivity contribution in [3.8, 4) is 0 Å². The van der Waals surface area contributed by atoms with Gasteiger partial charge >= 0.3 is 0 Å². The van der Waals surface area contributed by atoms with E-state index in [9.17, 15) is 8.42 Å². The summed E-state index contributed by atoms with van der Waals surface area (Å²) in [4.78, 5) is 0. The van der Waals surface area contributed by atoms with Gasteiger partial charge in [-0.05, 0) is 19.3 Å². The summed E-state index contributed by atoms with van der Waals surface area (Å²) in [7, 11) is -3.79. The van der Waals surface area contributed by atoms with Crippen LogP contribution < -0.4 is 0 Å². The number of hydrogen-bond donors (Lipinski definition) is 1. The van der Waals surface area contributed by atoms with Crippen LogP contribution in [-0.4, -0.2) is 18.7 Å². The molecular formula is C15H30O3S. The second-order valence-electron chi connectivity index (χ2n) is 5.16. The van der Waals surface area contributed by atoms with Crippen molar-refractivity contribution in [2.45, 2.75) is 77.6 Å². The van der Waals surface area contributed by atoms with E-state index in [2.05, 4.69) is 6.92 Å². The van der Waals surface area contributed by atoms with Gasteiger partial charge in [-0.1, -0.05) is 70.4 Å². The second kappa shape index (κ2) is 12.7. The first kappa shape index (κ1) is 18.7. The van der Waals surface area contributed by atoms with Crippen molar-refractivity contribution in [3.05, 3.63) is 12.2 Å². The van der Waals surface area contributed by atoms with E-state index in [0.29, 0.717) is 6.42 Å². The molecule has 0 rings (SSSR count). The number of rotatable bonds is 13. The van der Waals surface area contributed by atoms with E-state index in [0.717, 1.165) is 6.42 Å². The Morgan fingerprint density at radius 1 is 0.789 bits per heavy atom. The molecule has 0 saturated carbocycles. The van der Waals surface area contributed by atoms with Gasteiger partial charge in [0.15, 0.2) is 0 Å². The highest BCUT2D eigenvalue weighted by Crippen LogP contribution is 2.10. The Labute approximate surface area is 119 Å². The third-order valence-corrected chi connectivity index (χ3v) is 3.94. The molecule has 0 aliphatic carbocycles. The summed E-state index contributed by atoms with van der Waals surface area (Å²) < 4.78 is 29.4. The fourth-order valence-electron chi connectivity index (χ4n) is 2.03. The summed E-state index contributed by atoms with van der Waals surface area (Å²) in [6.07, 6.45) is 17.2. The largest absolute Gasteiger partial charge is 0.286 e. The SMILES string of the molecule is CCCCCCCCCCC/C=C/CCS(=O)(=O)O. The topological polar surface area (TPSA) is 54.4 Å². The van der Waals surface area contributed by atoms with Gasteiger partial charge in [0.05, 0.1) is 5.75 Å². The molecule has 114 valence electrons. The Morgan fingerprint density at radius 3 is 1.79 bits per heavy atom. The smallest absolute Gasteiger partial charge is 0.265 e. The Bertz CT molecular complexity index is 307. The lowest BCUT2D eigenvalue weighted by molar-refractivity contribution is 0.483. The summed E-state index contributed by atoms with van der Waals surface area (Å²) in [6, 6.07) is 0. The molecule has 0 aliphatic rings. The monoisotopic (exact) mass is 290 g/mol. The van der Waals surface area contributed by atoms with Crippen molar-refractivity contribution in [1.29, 1.82) is 0 Å².